The average Bonchev–Trinajstić information content (AvgIpc) is 3.16. The normalized spacial score (nSPS) is 16.7. The first-order chi connectivity index (χ1) is 27.2. The number of benzene rings is 4. The van der Waals surface area contributed by atoms with E-state index >= 15 is 0 Å². The summed E-state index contributed by atoms with van der Waals surface area (Å²) in [6, 6.07) is 5.19. The molecule has 0 aromatic heterocycles. The van der Waals surface area contributed by atoms with E-state index in [-0.39, 0.29) is 67.9 Å². The molecule has 0 aliphatic carbocycles. The van der Waals surface area contributed by atoms with Gasteiger partial charge >= 0.3 is 0 Å². The minimum absolute atomic E-state index is 0.0509. The smallest absolute Gasteiger partial charge is 0.167 e. The van der Waals surface area contributed by atoms with Gasteiger partial charge in [-0.25, -0.2) is 0 Å². The summed E-state index contributed by atoms with van der Waals surface area (Å²) in [7, 11) is 4.19. The Balaban J connectivity index is 1.43. The van der Waals surface area contributed by atoms with Crippen LogP contribution in [-0.2, 0) is 9.68 Å². The summed E-state index contributed by atoms with van der Waals surface area (Å²) < 4.78 is 0. The second-order valence-electron chi connectivity index (χ2n) is 16.0. The van der Waals surface area contributed by atoms with Gasteiger partial charge in [-0.05, 0) is 55.3 Å². The van der Waals surface area contributed by atoms with Crippen LogP contribution < -0.4 is 0 Å². The zero-order chi connectivity index (χ0) is 41.1. The largest absolute Gasteiger partial charge is 0.507 e. The molecular weight excluding hydrogens is 729 g/mol. The Bertz CT molecular complexity index is 2150. The molecular formula is C43H58N6O8. The number of hydrogen-bond acceptors (Lipinski definition) is 14. The van der Waals surface area contributed by atoms with Crippen LogP contribution in [0, 0.1) is 6.92 Å². The number of phenols is 6. The van der Waals surface area contributed by atoms with Gasteiger partial charge in [-0.2, -0.15) is 0 Å². The van der Waals surface area contributed by atoms with Crippen LogP contribution in [0.1, 0.15) is 67.3 Å². The second kappa shape index (κ2) is 17.6. The fourth-order valence-electron chi connectivity index (χ4n) is 8.11. The predicted octanol–water partition coefficient (Wildman–Crippen LogP) is 5.64. The number of fused-ring (bicyclic) bond motifs is 2. The van der Waals surface area contributed by atoms with Crippen LogP contribution in [0.3, 0.4) is 0 Å². The highest BCUT2D eigenvalue weighted by Gasteiger charge is 2.29. The molecule has 2 heterocycles. The van der Waals surface area contributed by atoms with Gasteiger partial charge in [0, 0.05) is 98.5 Å². The number of phenolic OH excluding ortho intramolecular Hbond substituents is 6. The lowest BCUT2D eigenvalue weighted by Crippen LogP contribution is -2.45. The van der Waals surface area contributed by atoms with E-state index < -0.39 is 11.5 Å². The quantitative estimate of drug-likeness (QED) is 0.0426. The van der Waals surface area contributed by atoms with Gasteiger partial charge in [-0.15, -0.1) is 0 Å². The summed E-state index contributed by atoms with van der Waals surface area (Å²) in [5.41, 5.74) is 2.04. The molecule has 4 aromatic rings. The zero-order valence-electron chi connectivity index (χ0n) is 34.2. The van der Waals surface area contributed by atoms with E-state index in [1.54, 1.807) is 25.1 Å². The zero-order valence-corrected chi connectivity index (χ0v) is 34.2. The minimum atomic E-state index is -0.461. The molecule has 0 atom stereocenters. The van der Waals surface area contributed by atoms with Gasteiger partial charge in [-0.1, -0.05) is 50.1 Å². The Hall–Kier alpha value is -5.02. The van der Waals surface area contributed by atoms with Crippen LogP contribution in [0.5, 0.6) is 34.5 Å². The van der Waals surface area contributed by atoms with Crippen LogP contribution in [-0.4, -0.2) is 155 Å². The number of nitrogens with zero attached hydrogens (tertiary/aromatic N) is 6. The van der Waals surface area contributed by atoms with Crippen molar-refractivity contribution in [2.75, 3.05) is 92.8 Å². The Kier molecular flexibility index (Phi) is 12.9. The van der Waals surface area contributed by atoms with Gasteiger partial charge in [0.2, 0.25) is 0 Å². The summed E-state index contributed by atoms with van der Waals surface area (Å²) >= 11 is 0. The van der Waals surface area contributed by atoms with Crippen LogP contribution in [0.15, 0.2) is 28.5 Å². The Morgan fingerprint density at radius 3 is 1.49 bits per heavy atom. The molecule has 308 valence electrons. The lowest BCUT2D eigenvalue weighted by Gasteiger charge is -2.31. The van der Waals surface area contributed by atoms with Gasteiger partial charge < -0.3 is 50.1 Å². The second-order valence-corrected chi connectivity index (χ2v) is 16.0. The molecule has 57 heavy (non-hydrogen) atoms. The van der Waals surface area contributed by atoms with Crippen molar-refractivity contribution in [3.8, 4) is 45.6 Å². The highest BCUT2D eigenvalue weighted by Crippen LogP contribution is 2.53. The third-order valence-electron chi connectivity index (χ3n) is 11.4. The average molecular weight is 787 g/mol. The van der Waals surface area contributed by atoms with E-state index in [0.29, 0.717) is 53.8 Å². The van der Waals surface area contributed by atoms with Gasteiger partial charge in [0.25, 0.3) is 0 Å². The number of aromatic hydroxyl groups is 6. The molecule has 2 aliphatic rings. The minimum Gasteiger partial charge on any atom is -0.507 e. The fraction of sp³-hybridized carbons (Fsp3) is 0.488. The highest BCUT2D eigenvalue weighted by molar-refractivity contribution is 6.14. The number of likely N-dealkylation sites (N-methyl/N-ethyl adjacent to an activating group) is 2. The molecule has 6 rings (SSSR count). The fourth-order valence-corrected chi connectivity index (χ4v) is 8.11. The molecule has 6 N–H and O–H groups in total. The molecule has 14 nitrogen and oxygen atoms in total. The van der Waals surface area contributed by atoms with Crippen molar-refractivity contribution >= 4 is 34.0 Å². The molecule has 0 radical (unpaired) electrons. The maximum atomic E-state index is 12.3. The molecule has 4 aromatic carbocycles. The van der Waals surface area contributed by atoms with Gasteiger partial charge in [0.1, 0.15) is 24.7 Å². The molecule has 0 spiro atoms. The van der Waals surface area contributed by atoms with Gasteiger partial charge in [0.15, 0.2) is 23.0 Å². The summed E-state index contributed by atoms with van der Waals surface area (Å²) in [6.45, 7) is 18.9. The Labute approximate surface area is 334 Å². The lowest BCUT2D eigenvalue weighted by atomic mass is 9.85. The molecule has 0 saturated carbocycles. The molecule has 14 heteroatoms. The molecule has 0 bridgehead atoms. The van der Waals surface area contributed by atoms with Crippen molar-refractivity contribution in [1.82, 2.24) is 19.6 Å². The topological polar surface area (TPSA) is 178 Å². The van der Waals surface area contributed by atoms with Gasteiger partial charge in [0.05, 0.1) is 23.6 Å². The molecule has 2 saturated heterocycles. The molecule has 2 fully saturated rings. The SMILES string of the molecule is Cc1cc2c(C(C)C)c(O)c(O)c(/C=N/OCCN3CCN(C)CC3)c2c(O)c1-c1ccc2c(C(C)C)c(O)c(O)c(/C=N/OCCN3CCN(C)CC3)c2c1O. The summed E-state index contributed by atoms with van der Waals surface area (Å²) in [5, 5.41) is 79.4. The number of aryl methyl sites for hydroxylation is 1. The molecule has 2 aliphatic heterocycles. The standard InChI is InChI=1S/C43H58N6O8/c1-25(2)33-28-8-9-29(38(50)36(28)31(39(51)42(33)54)23-44-56-20-18-48-14-10-46(6)11-15-48)35-27(5)22-30-34(26(3)4)43(55)40(52)32(37(30)41(35)53)24-45-57-21-19-49-16-12-47(7)13-17-49/h8-9,22-26,50-55H,10-21H2,1-7H3/b44-23+,45-24+. The van der Waals surface area contributed by atoms with Crippen molar-refractivity contribution in [3.05, 3.63) is 46.0 Å². The van der Waals surface area contributed by atoms with Crippen molar-refractivity contribution in [1.29, 1.82) is 0 Å². The highest BCUT2D eigenvalue weighted by atomic mass is 16.6. The Morgan fingerprint density at radius 1 is 0.596 bits per heavy atom. The van der Waals surface area contributed by atoms with E-state index in [4.69, 9.17) is 9.68 Å². The van der Waals surface area contributed by atoms with E-state index in [9.17, 15) is 30.6 Å². The van der Waals surface area contributed by atoms with E-state index in [0.717, 1.165) is 52.4 Å². The summed E-state index contributed by atoms with van der Waals surface area (Å²) in [4.78, 5) is 20.3. The van der Waals surface area contributed by atoms with Crippen LogP contribution in [0.25, 0.3) is 32.7 Å². The number of piperazine rings is 2. The summed E-state index contributed by atoms with van der Waals surface area (Å²) in [6.07, 6.45) is 2.58. The van der Waals surface area contributed by atoms with E-state index in [1.807, 2.05) is 27.7 Å². The van der Waals surface area contributed by atoms with Crippen LogP contribution >= 0.6 is 0 Å². The first-order valence-electron chi connectivity index (χ1n) is 19.8. The first kappa shape index (κ1) is 41.6. The van der Waals surface area contributed by atoms with Crippen molar-refractivity contribution in [2.45, 2.75) is 46.5 Å². The maximum Gasteiger partial charge on any atom is 0.167 e. The summed E-state index contributed by atoms with van der Waals surface area (Å²) in [5.74, 6) is -2.56. The van der Waals surface area contributed by atoms with E-state index in [1.165, 1.54) is 12.4 Å². The van der Waals surface area contributed by atoms with Crippen LogP contribution in [0.2, 0.25) is 0 Å². The maximum absolute atomic E-state index is 12.3. The molecule has 0 unspecified atom stereocenters. The lowest BCUT2D eigenvalue weighted by molar-refractivity contribution is 0.0868. The molecule has 0 amide bonds. The predicted molar refractivity (Wildman–Crippen MR) is 225 cm³/mol. The Morgan fingerprint density at radius 2 is 1.04 bits per heavy atom. The first-order valence-corrected chi connectivity index (χ1v) is 19.8. The van der Waals surface area contributed by atoms with Crippen molar-refractivity contribution in [2.24, 2.45) is 10.3 Å². The number of oxime groups is 2. The van der Waals surface area contributed by atoms with E-state index in [2.05, 4.69) is 44.0 Å². The number of rotatable bonds is 13. The van der Waals surface area contributed by atoms with Crippen LogP contribution in [0.4, 0.5) is 0 Å². The number of hydrogen-bond donors (Lipinski definition) is 6. The third kappa shape index (κ3) is 8.50. The van der Waals surface area contributed by atoms with Crippen molar-refractivity contribution in [3.63, 3.8) is 0 Å². The van der Waals surface area contributed by atoms with Gasteiger partial charge in [-0.3, -0.25) is 9.80 Å². The monoisotopic (exact) mass is 786 g/mol. The third-order valence-corrected chi connectivity index (χ3v) is 11.4. The van der Waals surface area contributed by atoms with Crippen molar-refractivity contribution < 1.29 is 40.3 Å².